The molecule has 0 atom stereocenters. The van der Waals surface area contributed by atoms with E-state index in [9.17, 15) is 14.4 Å². The predicted octanol–water partition coefficient (Wildman–Crippen LogP) is 3.30. The van der Waals surface area contributed by atoms with Gasteiger partial charge in [-0.1, -0.05) is 6.07 Å². The van der Waals surface area contributed by atoms with Gasteiger partial charge in [-0.15, -0.1) is 0 Å². The minimum absolute atomic E-state index is 0.0103. The SMILES string of the molecule is CC(C)Oc1ccc(/C=C2\C(=O)NC(=O)N(c3ccncc3)C2=O)cc1Br. The number of pyridine rings is 1. The van der Waals surface area contributed by atoms with E-state index >= 15 is 0 Å². The van der Waals surface area contributed by atoms with E-state index in [1.165, 1.54) is 30.6 Å². The number of carbonyl (C=O) groups is 3. The van der Waals surface area contributed by atoms with E-state index in [0.717, 1.165) is 4.90 Å². The highest BCUT2D eigenvalue weighted by atomic mass is 79.9. The summed E-state index contributed by atoms with van der Waals surface area (Å²) in [4.78, 5) is 41.8. The lowest BCUT2D eigenvalue weighted by molar-refractivity contribution is -0.122. The number of nitrogens with one attached hydrogen (secondary N) is 1. The molecule has 0 bridgehead atoms. The molecule has 7 nitrogen and oxygen atoms in total. The largest absolute Gasteiger partial charge is 0.490 e. The van der Waals surface area contributed by atoms with Crippen LogP contribution in [0.3, 0.4) is 0 Å². The second-order valence-electron chi connectivity index (χ2n) is 6.02. The van der Waals surface area contributed by atoms with Crippen LogP contribution >= 0.6 is 15.9 Å². The average molecular weight is 430 g/mol. The van der Waals surface area contributed by atoms with Crippen LogP contribution in [0.25, 0.3) is 6.08 Å². The predicted molar refractivity (Wildman–Crippen MR) is 103 cm³/mol. The Morgan fingerprint density at radius 2 is 1.85 bits per heavy atom. The number of aromatic nitrogens is 1. The molecule has 1 aromatic carbocycles. The molecule has 1 N–H and O–H groups in total. The van der Waals surface area contributed by atoms with Gasteiger partial charge in [0.15, 0.2) is 0 Å². The number of halogens is 1. The summed E-state index contributed by atoms with van der Waals surface area (Å²) in [5.41, 5.74) is 0.795. The zero-order chi connectivity index (χ0) is 19.6. The molecule has 1 aromatic heterocycles. The molecule has 3 rings (SSSR count). The van der Waals surface area contributed by atoms with Crippen LogP contribution in [-0.2, 0) is 9.59 Å². The number of rotatable bonds is 4. The second-order valence-corrected chi connectivity index (χ2v) is 6.87. The highest BCUT2D eigenvalue weighted by molar-refractivity contribution is 9.10. The van der Waals surface area contributed by atoms with Gasteiger partial charge in [-0.25, -0.2) is 9.69 Å². The van der Waals surface area contributed by atoms with Gasteiger partial charge in [0.1, 0.15) is 11.3 Å². The summed E-state index contributed by atoms with van der Waals surface area (Å²) < 4.78 is 6.34. The quantitative estimate of drug-likeness (QED) is 0.594. The van der Waals surface area contributed by atoms with Gasteiger partial charge in [0.2, 0.25) is 0 Å². The van der Waals surface area contributed by atoms with Crippen LogP contribution < -0.4 is 15.0 Å². The number of nitrogens with zero attached hydrogens (tertiary/aromatic N) is 2. The van der Waals surface area contributed by atoms with Gasteiger partial charge in [-0.2, -0.15) is 0 Å². The van der Waals surface area contributed by atoms with Gasteiger partial charge in [-0.3, -0.25) is 19.9 Å². The Balaban J connectivity index is 1.95. The van der Waals surface area contributed by atoms with E-state index in [1.807, 2.05) is 13.8 Å². The second kappa shape index (κ2) is 7.71. The highest BCUT2D eigenvalue weighted by Crippen LogP contribution is 2.28. The molecule has 1 fully saturated rings. The van der Waals surface area contributed by atoms with Gasteiger partial charge >= 0.3 is 6.03 Å². The zero-order valence-electron chi connectivity index (χ0n) is 14.6. The third kappa shape index (κ3) is 4.06. The number of hydrogen-bond acceptors (Lipinski definition) is 5. The molecule has 2 aromatic rings. The Morgan fingerprint density at radius 3 is 2.48 bits per heavy atom. The fourth-order valence-corrected chi connectivity index (χ4v) is 3.00. The average Bonchev–Trinajstić information content (AvgIpc) is 2.61. The van der Waals surface area contributed by atoms with E-state index < -0.39 is 17.8 Å². The van der Waals surface area contributed by atoms with Crippen molar-refractivity contribution in [2.75, 3.05) is 4.90 Å². The van der Waals surface area contributed by atoms with Crippen molar-refractivity contribution in [3.8, 4) is 5.75 Å². The van der Waals surface area contributed by atoms with E-state index in [4.69, 9.17) is 4.74 Å². The molecule has 0 unspecified atom stereocenters. The van der Waals surface area contributed by atoms with Crippen molar-refractivity contribution in [3.05, 3.63) is 58.3 Å². The van der Waals surface area contributed by atoms with Crippen LogP contribution in [0.4, 0.5) is 10.5 Å². The van der Waals surface area contributed by atoms with E-state index in [0.29, 0.717) is 21.5 Å². The first-order valence-electron chi connectivity index (χ1n) is 8.14. The number of barbiturate groups is 1. The molecule has 1 saturated heterocycles. The van der Waals surface area contributed by atoms with Gasteiger partial charge in [-0.05, 0) is 65.7 Å². The lowest BCUT2D eigenvalue weighted by atomic mass is 10.1. The van der Waals surface area contributed by atoms with Crippen LogP contribution in [0, 0.1) is 0 Å². The van der Waals surface area contributed by atoms with E-state index in [2.05, 4.69) is 26.2 Å². The lowest BCUT2D eigenvalue weighted by Gasteiger charge is -2.26. The fourth-order valence-electron chi connectivity index (χ4n) is 2.51. The Bertz CT molecular complexity index is 941. The maximum atomic E-state index is 12.8. The zero-order valence-corrected chi connectivity index (χ0v) is 16.2. The number of urea groups is 1. The van der Waals surface area contributed by atoms with Gasteiger partial charge in [0, 0.05) is 12.4 Å². The first-order chi connectivity index (χ1) is 12.9. The molecule has 2 heterocycles. The van der Waals surface area contributed by atoms with Crippen molar-refractivity contribution in [2.45, 2.75) is 20.0 Å². The standard InChI is InChI=1S/C19H16BrN3O4/c1-11(2)27-16-4-3-12(10-15(16)20)9-14-17(24)22-19(26)23(18(14)25)13-5-7-21-8-6-13/h3-11H,1-2H3,(H,22,24,26)/b14-9+. The monoisotopic (exact) mass is 429 g/mol. The Labute approximate surface area is 164 Å². The van der Waals surface area contributed by atoms with Crippen LogP contribution in [0.1, 0.15) is 19.4 Å². The fraction of sp³-hybridized carbons (Fsp3) is 0.158. The first kappa shape index (κ1) is 18.8. The van der Waals surface area contributed by atoms with Crippen molar-refractivity contribution < 1.29 is 19.1 Å². The number of benzene rings is 1. The summed E-state index contributed by atoms with van der Waals surface area (Å²) in [5.74, 6) is -0.789. The van der Waals surface area contributed by atoms with Crippen LogP contribution in [0.2, 0.25) is 0 Å². The van der Waals surface area contributed by atoms with Crippen molar-refractivity contribution in [1.82, 2.24) is 10.3 Å². The smallest absolute Gasteiger partial charge is 0.335 e. The molecule has 0 saturated carbocycles. The molecule has 8 heteroatoms. The van der Waals surface area contributed by atoms with Crippen molar-refractivity contribution in [2.24, 2.45) is 0 Å². The van der Waals surface area contributed by atoms with Crippen LogP contribution in [0.15, 0.2) is 52.8 Å². The van der Waals surface area contributed by atoms with Crippen molar-refractivity contribution in [1.29, 1.82) is 0 Å². The van der Waals surface area contributed by atoms with Gasteiger partial charge < -0.3 is 4.74 Å². The minimum atomic E-state index is -0.796. The maximum absolute atomic E-state index is 12.8. The number of carbonyl (C=O) groups excluding carboxylic acids is 3. The molecule has 1 aliphatic heterocycles. The number of amides is 4. The maximum Gasteiger partial charge on any atom is 0.335 e. The number of anilines is 1. The third-order valence-corrected chi connectivity index (χ3v) is 4.27. The first-order valence-corrected chi connectivity index (χ1v) is 8.94. The summed E-state index contributed by atoms with van der Waals surface area (Å²) in [6, 6.07) is 7.43. The van der Waals surface area contributed by atoms with E-state index in [-0.39, 0.29) is 11.7 Å². The van der Waals surface area contributed by atoms with Crippen LogP contribution in [0.5, 0.6) is 5.75 Å². The molecular weight excluding hydrogens is 414 g/mol. The molecule has 0 radical (unpaired) electrons. The molecule has 1 aliphatic rings. The summed E-state index contributed by atoms with van der Waals surface area (Å²) in [5, 5.41) is 2.18. The van der Waals surface area contributed by atoms with Crippen LogP contribution in [-0.4, -0.2) is 28.9 Å². The topological polar surface area (TPSA) is 88.6 Å². The molecule has 4 amide bonds. The molecule has 138 valence electrons. The summed E-state index contributed by atoms with van der Waals surface area (Å²) in [7, 11) is 0. The summed E-state index contributed by atoms with van der Waals surface area (Å²) in [6.45, 7) is 3.83. The normalized spacial score (nSPS) is 16.1. The number of imide groups is 2. The summed E-state index contributed by atoms with van der Waals surface area (Å²) >= 11 is 3.42. The molecule has 0 spiro atoms. The van der Waals surface area contributed by atoms with Gasteiger partial charge in [0.05, 0.1) is 16.3 Å². The van der Waals surface area contributed by atoms with E-state index in [1.54, 1.807) is 18.2 Å². The molecule has 27 heavy (non-hydrogen) atoms. The van der Waals surface area contributed by atoms with Crippen molar-refractivity contribution >= 4 is 45.5 Å². The molecule has 0 aliphatic carbocycles. The Kier molecular flexibility index (Phi) is 5.36. The number of hydrogen-bond donors (Lipinski definition) is 1. The Morgan fingerprint density at radius 1 is 1.15 bits per heavy atom. The minimum Gasteiger partial charge on any atom is -0.490 e. The molecular formula is C19H16BrN3O4. The third-order valence-electron chi connectivity index (χ3n) is 3.65. The number of ether oxygens (including phenoxy) is 1. The van der Waals surface area contributed by atoms with Gasteiger partial charge in [0.25, 0.3) is 11.8 Å². The highest BCUT2D eigenvalue weighted by Gasteiger charge is 2.36. The summed E-state index contributed by atoms with van der Waals surface area (Å²) in [6.07, 6.45) is 4.36. The van der Waals surface area contributed by atoms with Crippen molar-refractivity contribution in [3.63, 3.8) is 0 Å². The lowest BCUT2D eigenvalue weighted by Crippen LogP contribution is -2.54. The Hall–Kier alpha value is -3.00.